The van der Waals surface area contributed by atoms with E-state index in [0.29, 0.717) is 16.9 Å². The van der Waals surface area contributed by atoms with Gasteiger partial charge in [0, 0.05) is 10.4 Å². The smallest absolute Gasteiger partial charge is 0.348 e. The van der Waals surface area contributed by atoms with E-state index in [2.05, 4.69) is 0 Å². The molecule has 6 heteroatoms. The lowest BCUT2D eigenvalue weighted by Gasteiger charge is -2.04. The summed E-state index contributed by atoms with van der Waals surface area (Å²) in [6, 6.07) is 3.07. The van der Waals surface area contributed by atoms with Crippen LogP contribution in [0.5, 0.6) is 0 Å². The molecule has 0 amide bonds. The number of carbonyl (C=O) groups is 1. The molecule has 19 heavy (non-hydrogen) atoms. The molecule has 2 aromatic rings. The first kappa shape index (κ1) is 13.5. The van der Waals surface area contributed by atoms with Gasteiger partial charge in [0.25, 0.3) is 0 Å². The maximum atomic E-state index is 13.8. The fourth-order valence-corrected chi connectivity index (χ4v) is 3.05. The predicted octanol–water partition coefficient (Wildman–Crippen LogP) is 3.54. The van der Waals surface area contributed by atoms with Crippen LogP contribution in [-0.4, -0.2) is 11.1 Å². The molecule has 0 aliphatic heterocycles. The standard InChI is InChI=1S/C13H11F2NO2S/c1-2-7-10(16)12(13(17)18)19-11(7)8-5-6(14)3-4-9(8)15/h3-5H,2,16H2,1H3,(H,17,18). The normalized spacial score (nSPS) is 10.7. The average molecular weight is 283 g/mol. The number of thiophene rings is 1. The van der Waals surface area contributed by atoms with Crippen LogP contribution in [0.15, 0.2) is 18.2 Å². The maximum Gasteiger partial charge on any atom is 0.348 e. The second-order valence-electron chi connectivity index (χ2n) is 3.94. The lowest BCUT2D eigenvalue weighted by molar-refractivity contribution is 0.0703. The molecule has 1 aromatic carbocycles. The Morgan fingerprint density at radius 2 is 2.11 bits per heavy atom. The number of nitrogens with two attached hydrogens (primary N) is 1. The van der Waals surface area contributed by atoms with Crippen molar-refractivity contribution >= 4 is 23.0 Å². The summed E-state index contributed by atoms with van der Waals surface area (Å²) in [7, 11) is 0. The number of nitrogen functional groups attached to an aromatic ring is 1. The van der Waals surface area contributed by atoms with Gasteiger partial charge in [0.05, 0.1) is 5.69 Å². The molecular formula is C13H11F2NO2S. The van der Waals surface area contributed by atoms with Gasteiger partial charge in [0.2, 0.25) is 0 Å². The monoisotopic (exact) mass is 283 g/mol. The Bertz CT molecular complexity index is 652. The van der Waals surface area contributed by atoms with Crippen molar-refractivity contribution in [3.63, 3.8) is 0 Å². The Balaban J connectivity index is 2.71. The van der Waals surface area contributed by atoms with E-state index in [1.54, 1.807) is 6.92 Å². The number of halogens is 2. The van der Waals surface area contributed by atoms with Crippen molar-refractivity contribution in [3.05, 3.63) is 40.3 Å². The van der Waals surface area contributed by atoms with Crippen LogP contribution >= 0.6 is 11.3 Å². The molecule has 0 atom stereocenters. The van der Waals surface area contributed by atoms with Gasteiger partial charge in [0.1, 0.15) is 16.5 Å². The van der Waals surface area contributed by atoms with Crippen LogP contribution in [0.3, 0.4) is 0 Å². The molecule has 1 aromatic heterocycles. The molecule has 0 bridgehead atoms. The summed E-state index contributed by atoms with van der Waals surface area (Å²) >= 11 is 0.864. The van der Waals surface area contributed by atoms with Crippen molar-refractivity contribution in [2.75, 3.05) is 5.73 Å². The lowest BCUT2D eigenvalue weighted by Crippen LogP contribution is -1.99. The van der Waals surface area contributed by atoms with E-state index in [4.69, 9.17) is 10.8 Å². The molecule has 3 nitrogen and oxygen atoms in total. The highest BCUT2D eigenvalue weighted by Gasteiger charge is 2.22. The van der Waals surface area contributed by atoms with Crippen molar-refractivity contribution in [2.45, 2.75) is 13.3 Å². The van der Waals surface area contributed by atoms with E-state index in [1.807, 2.05) is 0 Å². The quantitative estimate of drug-likeness (QED) is 0.905. The number of hydrogen-bond acceptors (Lipinski definition) is 3. The molecule has 3 N–H and O–H groups in total. The summed E-state index contributed by atoms with van der Waals surface area (Å²) in [6.45, 7) is 1.78. The first-order valence-corrected chi connectivity index (χ1v) is 6.37. The Labute approximate surface area is 112 Å². The minimum Gasteiger partial charge on any atom is -0.477 e. The summed E-state index contributed by atoms with van der Waals surface area (Å²) in [5.41, 5.74) is 6.46. The first-order chi connectivity index (χ1) is 8.95. The second-order valence-corrected chi connectivity index (χ2v) is 4.96. The SMILES string of the molecule is CCc1c(-c2cc(F)ccc2F)sc(C(=O)O)c1N. The third kappa shape index (κ3) is 2.31. The number of anilines is 1. The van der Waals surface area contributed by atoms with Gasteiger partial charge in [-0.2, -0.15) is 0 Å². The number of rotatable bonds is 3. The largest absolute Gasteiger partial charge is 0.477 e. The third-order valence-corrected chi connectivity index (χ3v) is 4.04. The summed E-state index contributed by atoms with van der Waals surface area (Å²) in [5, 5.41) is 9.03. The van der Waals surface area contributed by atoms with Crippen LogP contribution in [-0.2, 0) is 6.42 Å². The predicted molar refractivity (Wildman–Crippen MR) is 70.4 cm³/mol. The summed E-state index contributed by atoms with van der Waals surface area (Å²) < 4.78 is 27.0. The highest BCUT2D eigenvalue weighted by molar-refractivity contribution is 7.18. The average Bonchev–Trinajstić information content (AvgIpc) is 2.69. The van der Waals surface area contributed by atoms with E-state index >= 15 is 0 Å². The Hall–Kier alpha value is -1.95. The van der Waals surface area contributed by atoms with Crippen LogP contribution in [0.25, 0.3) is 10.4 Å². The highest BCUT2D eigenvalue weighted by Crippen LogP contribution is 2.40. The number of hydrogen-bond donors (Lipinski definition) is 2. The molecule has 2 rings (SSSR count). The van der Waals surface area contributed by atoms with Gasteiger partial charge in [-0.15, -0.1) is 11.3 Å². The van der Waals surface area contributed by atoms with Crippen LogP contribution in [0.1, 0.15) is 22.2 Å². The fourth-order valence-electron chi connectivity index (χ4n) is 1.88. The molecule has 0 radical (unpaired) electrons. The van der Waals surface area contributed by atoms with Crippen molar-refractivity contribution in [1.29, 1.82) is 0 Å². The molecule has 0 spiro atoms. The molecule has 0 aliphatic carbocycles. The van der Waals surface area contributed by atoms with E-state index in [0.717, 1.165) is 29.5 Å². The zero-order valence-electron chi connectivity index (χ0n) is 10.0. The summed E-state index contributed by atoms with van der Waals surface area (Å²) in [5.74, 6) is -2.35. The number of carboxylic acids is 1. The molecule has 100 valence electrons. The summed E-state index contributed by atoms with van der Waals surface area (Å²) in [6.07, 6.45) is 0.445. The van der Waals surface area contributed by atoms with Gasteiger partial charge < -0.3 is 10.8 Å². The van der Waals surface area contributed by atoms with Gasteiger partial charge in [-0.1, -0.05) is 6.92 Å². The topological polar surface area (TPSA) is 63.3 Å². The van der Waals surface area contributed by atoms with Gasteiger partial charge in [0.15, 0.2) is 0 Å². The minimum absolute atomic E-state index is 0.0426. The van der Waals surface area contributed by atoms with Crippen molar-refractivity contribution in [3.8, 4) is 10.4 Å². The van der Waals surface area contributed by atoms with Gasteiger partial charge in [-0.3, -0.25) is 0 Å². The molecule has 0 unspecified atom stereocenters. The molecule has 0 aliphatic rings. The zero-order chi connectivity index (χ0) is 14.2. The molecular weight excluding hydrogens is 272 g/mol. The number of aromatic carboxylic acids is 1. The Kier molecular flexibility index (Phi) is 3.53. The van der Waals surface area contributed by atoms with E-state index in [-0.39, 0.29) is 16.1 Å². The fraction of sp³-hybridized carbons (Fsp3) is 0.154. The Morgan fingerprint density at radius 1 is 1.42 bits per heavy atom. The van der Waals surface area contributed by atoms with Crippen LogP contribution in [0.2, 0.25) is 0 Å². The van der Waals surface area contributed by atoms with Crippen LogP contribution in [0.4, 0.5) is 14.5 Å². The molecule has 0 saturated heterocycles. The summed E-state index contributed by atoms with van der Waals surface area (Å²) in [4.78, 5) is 11.4. The minimum atomic E-state index is -1.17. The first-order valence-electron chi connectivity index (χ1n) is 5.55. The van der Waals surface area contributed by atoms with Crippen LogP contribution < -0.4 is 5.73 Å². The molecule has 0 fully saturated rings. The van der Waals surface area contributed by atoms with Gasteiger partial charge >= 0.3 is 5.97 Å². The van der Waals surface area contributed by atoms with E-state index < -0.39 is 17.6 Å². The van der Waals surface area contributed by atoms with E-state index in [1.165, 1.54) is 0 Å². The highest BCUT2D eigenvalue weighted by atomic mass is 32.1. The van der Waals surface area contributed by atoms with Crippen molar-refractivity contribution in [2.24, 2.45) is 0 Å². The Morgan fingerprint density at radius 3 is 2.68 bits per heavy atom. The van der Waals surface area contributed by atoms with E-state index in [9.17, 15) is 13.6 Å². The molecule has 0 saturated carbocycles. The molecule has 1 heterocycles. The van der Waals surface area contributed by atoms with Gasteiger partial charge in [-0.05, 0) is 30.2 Å². The van der Waals surface area contributed by atoms with Gasteiger partial charge in [-0.25, -0.2) is 13.6 Å². The number of carboxylic acid groups (broad SMARTS) is 1. The number of benzene rings is 1. The maximum absolute atomic E-state index is 13.8. The third-order valence-electron chi connectivity index (χ3n) is 2.77. The van der Waals surface area contributed by atoms with Crippen LogP contribution in [0, 0.1) is 11.6 Å². The lowest BCUT2D eigenvalue weighted by atomic mass is 10.1. The van der Waals surface area contributed by atoms with Crippen molar-refractivity contribution in [1.82, 2.24) is 0 Å². The van der Waals surface area contributed by atoms with Crippen molar-refractivity contribution < 1.29 is 18.7 Å². The zero-order valence-corrected chi connectivity index (χ0v) is 10.9. The second kappa shape index (κ2) is 4.97.